The Balaban J connectivity index is 1.55. The van der Waals surface area contributed by atoms with E-state index in [-0.39, 0.29) is 5.41 Å². The SMILES string of the molecule is CN=C1C(=C(N)c2ccnc(N3CCCNCC3)n2)CCC12CCCc1sc(N)c(C#N)c12. The lowest BCUT2D eigenvalue weighted by atomic mass is 9.68. The number of anilines is 2. The number of aryl methyl sites for hydroxylation is 1. The van der Waals surface area contributed by atoms with E-state index in [0.717, 1.165) is 93.2 Å². The summed E-state index contributed by atoms with van der Waals surface area (Å²) in [6, 6.07) is 4.26. The van der Waals surface area contributed by atoms with Gasteiger partial charge in [0.05, 0.1) is 22.7 Å². The number of thiophene rings is 1. The summed E-state index contributed by atoms with van der Waals surface area (Å²) in [5.41, 5.74) is 17.9. The van der Waals surface area contributed by atoms with Crippen molar-refractivity contribution in [1.82, 2.24) is 15.3 Å². The van der Waals surface area contributed by atoms with E-state index < -0.39 is 0 Å². The third-order valence-corrected chi connectivity index (χ3v) is 8.32. The van der Waals surface area contributed by atoms with E-state index in [0.29, 0.717) is 16.3 Å². The lowest BCUT2D eigenvalue weighted by Gasteiger charge is -2.35. The number of hydrogen-bond acceptors (Lipinski definition) is 9. The Morgan fingerprint density at radius 2 is 2.15 bits per heavy atom. The molecular formula is C24H30N8S. The first-order chi connectivity index (χ1) is 16.1. The van der Waals surface area contributed by atoms with Gasteiger partial charge in [0.2, 0.25) is 5.95 Å². The summed E-state index contributed by atoms with van der Waals surface area (Å²) in [6.45, 7) is 3.74. The van der Waals surface area contributed by atoms with Crippen molar-refractivity contribution in [3.05, 3.63) is 39.5 Å². The highest BCUT2D eigenvalue weighted by atomic mass is 32.1. The summed E-state index contributed by atoms with van der Waals surface area (Å²) < 4.78 is 0. The normalized spacial score (nSPS) is 25.7. The summed E-state index contributed by atoms with van der Waals surface area (Å²) in [5.74, 6) is 0.722. The highest BCUT2D eigenvalue weighted by molar-refractivity contribution is 7.16. The third kappa shape index (κ3) is 3.58. The van der Waals surface area contributed by atoms with Crippen molar-refractivity contribution < 1.29 is 0 Å². The highest BCUT2D eigenvalue weighted by Crippen LogP contribution is 2.54. The molecule has 1 saturated carbocycles. The number of fused-ring (bicyclic) bond motifs is 2. The number of hydrogen-bond donors (Lipinski definition) is 3. The molecular weight excluding hydrogens is 432 g/mol. The minimum absolute atomic E-state index is 0.284. The number of aliphatic imine (C=N–C) groups is 1. The molecule has 2 fully saturated rings. The zero-order valence-corrected chi connectivity index (χ0v) is 19.8. The molecule has 1 unspecified atom stereocenters. The zero-order valence-electron chi connectivity index (χ0n) is 19.0. The average molecular weight is 463 g/mol. The van der Waals surface area contributed by atoms with Gasteiger partial charge in [-0.05, 0) is 62.3 Å². The Morgan fingerprint density at radius 1 is 1.27 bits per heavy atom. The molecule has 3 heterocycles. The van der Waals surface area contributed by atoms with Crippen molar-refractivity contribution in [2.24, 2.45) is 10.7 Å². The number of nitriles is 1. The molecule has 0 radical (unpaired) electrons. The topological polar surface area (TPSA) is 129 Å². The van der Waals surface area contributed by atoms with Gasteiger partial charge in [0.25, 0.3) is 0 Å². The van der Waals surface area contributed by atoms with E-state index in [1.165, 1.54) is 4.88 Å². The van der Waals surface area contributed by atoms with Gasteiger partial charge in [-0.25, -0.2) is 9.97 Å². The monoisotopic (exact) mass is 462 g/mol. The Kier molecular flexibility index (Phi) is 5.81. The van der Waals surface area contributed by atoms with Gasteiger partial charge in [-0.15, -0.1) is 11.3 Å². The second-order valence-corrected chi connectivity index (χ2v) is 10.1. The van der Waals surface area contributed by atoms with Crippen LogP contribution in [0.5, 0.6) is 0 Å². The van der Waals surface area contributed by atoms with Crippen LogP contribution in [0.15, 0.2) is 22.8 Å². The number of nitrogens with one attached hydrogen (secondary N) is 1. The molecule has 5 rings (SSSR count). The maximum absolute atomic E-state index is 9.87. The molecule has 0 amide bonds. The summed E-state index contributed by atoms with van der Waals surface area (Å²) in [7, 11) is 1.83. The van der Waals surface area contributed by atoms with E-state index >= 15 is 0 Å². The molecule has 9 heteroatoms. The Labute approximate surface area is 198 Å². The van der Waals surface area contributed by atoms with Crippen molar-refractivity contribution in [2.75, 3.05) is 43.9 Å². The fraction of sp³-hybridized carbons (Fsp3) is 0.500. The van der Waals surface area contributed by atoms with Crippen LogP contribution < -0.4 is 21.7 Å². The Hall–Kier alpha value is -2.96. The Bertz CT molecular complexity index is 1170. The van der Waals surface area contributed by atoms with Crippen LogP contribution in [0.1, 0.15) is 53.8 Å². The fourth-order valence-corrected chi connectivity index (χ4v) is 6.94. The molecule has 1 aliphatic heterocycles. The molecule has 5 N–H and O–H groups in total. The molecule has 1 spiro atoms. The van der Waals surface area contributed by atoms with Gasteiger partial charge in [-0.1, -0.05) is 0 Å². The van der Waals surface area contributed by atoms with Crippen LogP contribution in [-0.4, -0.2) is 48.9 Å². The number of rotatable bonds is 2. The summed E-state index contributed by atoms with van der Waals surface area (Å²) >= 11 is 1.56. The van der Waals surface area contributed by atoms with Crippen LogP contribution in [-0.2, 0) is 11.8 Å². The van der Waals surface area contributed by atoms with Gasteiger partial charge in [-0.2, -0.15) is 5.26 Å². The number of nitrogens with two attached hydrogens (primary N) is 2. The molecule has 2 aromatic heterocycles. The standard InChI is InChI=1S/C24H30N8S/c1-28-21-15(5-8-24(21)7-2-4-18-19(24)16(14-25)22(27)33-18)20(26)17-6-10-30-23(31-17)32-12-3-9-29-11-13-32/h6,10,29H,2-5,7-9,11-13,26-27H2,1H3. The van der Waals surface area contributed by atoms with E-state index in [1.54, 1.807) is 17.5 Å². The van der Waals surface area contributed by atoms with Crippen LogP contribution in [0, 0.1) is 11.3 Å². The molecule has 8 nitrogen and oxygen atoms in total. The summed E-state index contributed by atoms with van der Waals surface area (Å²) in [4.78, 5) is 17.6. The van der Waals surface area contributed by atoms with Crippen LogP contribution in [0.3, 0.4) is 0 Å². The van der Waals surface area contributed by atoms with Gasteiger partial charge < -0.3 is 21.7 Å². The predicted molar refractivity (Wildman–Crippen MR) is 133 cm³/mol. The molecule has 2 aromatic rings. The van der Waals surface area contributed by atoms with Gasteiger partial charge in [0.1, 0.15) is 11.1 Å². The molecule has 172 valence electrons. The van der Waals surface area contributed by atoms with Crippen molar-refractivity contribution in [1.29, 1.82) is 5.26 Å². The minimum Gasteiger partial charge on any atom is -0.397 e. The molecule has 33 heavy (non-hydrogen) atoms. The Morgan fingerprint density at radius 3 is 2.97 bits per heavy atom. The highest BCUT2D eigenvalue weighted by Gasteiger charge is 2.49. The largest absolute Gasteiger partial charge is 0.397 e. The van der Waals surface area contributed by atoms with Crippen LogP contribution in [0.4, 0.5) is 10.9 Å². The molecule has 0 aromatic carbocycles. The van der Waals surface area contributed by atoms with Gasteiger partial charge in [0.15, 0.2) is 0 Å². The van der Waals surface area contributed by atoms with Crippen LogP contribution in [0.2, 0.25) is 0 Å². The average Bonchev–Trinajstić information content (AvgIpc) is 3.22. The maximum Gasteiger partial charge on any atom is 0.225 e. The molecule has 1 atom stereocenters. The summed E-state index contributed by atoms with van der Waals surface area (Å²) in [5, 5.41) is 13.9. The van der Waals surface area contributed by atoms with E-state index in [2.05, 4.69) is 21.3 Å². The van der Waals surface area contributed by atoms with E-state index in [4.69, 9.17) is 21.4 Å². The quantitative estimate of drug-likeness (QED) is 0.625. The number of nitrogens with zero attached hydrogens (tertiary/aromatic N) is 5. The summed E-state index contributed by atoms with van der Waals surface area (Å²) in [6.07, 6.45) is 7.55. The molecule has 2 aliphatic carbocycles. The zero-order chi connectivity index (χ0) is 23.0. The third-order valence-electron chi connectivity index (χ3n) is 7.24. The first-order valence-electron chi connectivity index (χ1n) is 11.7. The van der Waals surface area contributed by atoms with Crippen molar-refractivity contribution in [3.8, 4) is 6.07 Å². The minimum atomic E-state index is -0.284. The van der Waals surface area contributed by atoms with Crippen LogP contribution in [0.25, 0.3) is 5.70 Å². The van der Waals surface area contributed by atoms with E-state index in [9.17, 15) is 5.26 Å². The predicted octanol–water partition coefficient (Wildman–Crippen LogP) is 2.60. The van der Waals surface area contributed by atoms with E-state index in [1.807, 2.05) is 13.1 Å². The van der Waals surface area contributed by atoms with Crippen molar-refractivity contribution in [3.63, 3.8) is 0 Å². The number of nitrogen functional groups attached to an aromatic ring is 1. The fourth-order valence-electron chi connectivity index (χ4n) is 5.78. The lowest BCUT2D eigenvalue weighted by molar-refractivity contribution is 0.469. The number of aromatic nitrogens is 2. The van der Waals surface area contributed by atoms with Crippen LogP contribution >= 0.6 is 11.3 Å². The van der Waals surface area contributed by atoms with Gasteiger partial charge in [0, 0.05) is 43.2 Å². The second-order valence-electron chi connectivity index (χ2n) is 8.98. The molecule has 0 bridgehead atoms. The van der Waals surface area contributed by atoms with Crippen molar-refractivity contribution >= 4 is 33.7 Å². The molecule has 1 saturated heterocycles. The number of allylic oxidation sites excluding steroid dienone is 1. The van der Waals surface area contributed by atoms with Gasteiger partial charge >= 0.3 is 0 Å². The molecule has 3 aliphatic rings. The second kappa shape index (κ2) is 8.76. The first-order valence-corrected chi connectivity index (χ1v) is 12.5. The lowest BCUT2D eigenvalue weighted by Crippen LogP contribution is -2.36. The van der Waals surface area contributed by atoms with Gasteiger partial charge in [-0.3, -0.25) is 4.99 Å². The van der Waals surface area contributed by atoms with Crippen molar-refractivity contribution in [2.45, 2.75) is 43.9 Å². The first kappa shape index (κ1) is 21.9. The maximum atomic E-state index is 9.87. The smallest absolute Gasteiger partial charge is 0.225 e.